The van der Waals surface area contributed by atoms with Gasteiger partial charge in [0.05, 0.1) is 0 Å². The van der Waals surface area contributed by atoms with E-state index >= 15 is 0 Å². The monoisotopic (exact) mass is 368 g/mol. The highest BCUT2D eigenvalue weighted by molar-refractivity contribution is 6.04. The lowest BCUT2D eigenvalue weighted by atomic mass is 9.91. The lowest BCUT2D eigenvalue weighted by Gasteiger charge is -2.23. The van der Waals surface area contributed by atoms with E-state index in [0.29, 0.717) is 24.6 Å². The summed E-state index contributed by atoms with van der Waals surface area (Å²) in [6.45, 7) is 6.14. The molecular formula is C21H24N2O4. The molecule has 2 N–H and O–H groups in total. The van der Waals surface area contributed by atoms with Crippen LogP contribution in [-0.2, 0) is 22.7 Å². The van der Waals surface area contributed by atoms with Gasteiger partial charge >= 0.3 is 0 Å². The van der Waals surface area contributed by atoms with Crippen LogP contribution in [0.25, 0.3) is 0 Å². The van der Waals surface area contributed by atoms with Gasteiger partial charge in [-0.15, -0.1) is 0 Å². The van der Waals surface area contributed by atoms with Crippen LogP contribution in [0.1, 0.15) is 30.5 Å². The second kappa shape index (κ2) is 7.70. The van der Waals surface area contributed by atoms with E-state index in [9.17, 15) is 9.59 Å². The van der Waals surface area contributed by atoms with Gasteiger partial charge in [-0.05, 0) is 44.0 Å². The van der Waals surface area contributed by atoms with Crippen LogP contribution < -0.4 is 20.1 Å². The number of rotatable bonds is 6. The fourth-order valence-electron chi connectivity index (χ4n) is 2.78. The molecule has 142 valence electrons. The molecule has 0 bridgehead atoms. The molecule has 0 unspecified atom stereocenters. The molecule has 0 saturated heterocycles. The van der Waals surface area contributed by atoms with Crippen molar-refractivity contribution in [3.8, 4) is 11.5 Å². The SMILES string of the molecule is Cc1cccc(CNC(=O)C(C)(C)C(=O)NCc2ccc3c(c2)OCO3)c1. The number of hydrogen-bond donors (Lipinski definition) is 2. The van der Waals surface area contributed by atoms with Crippen LogP contribution in [-0.4, -0.2) is 18.6 Å². The zero-order valence-electron chi connectivity index (χ0n) is 15.8. The summed E-state index contributed by atoms with van der Waals surface area (Å²) in [5, 5.41) is 5.67. The minimum Gasteiger partial charge on any atom is -0.454 e. The number of amides is 2. The van der Waals surface area contributed by atoms with E-state index in [2.05, 4.69) is 10.6 Å². The molecule has 1 aliphatic heterocycles. The zero-order chi connectivity index (χ0) is 19.4. The number of aryl methyl sites for hydroxylation is 1. The molecule has 6 heteroatoms. The number of carbonyl (C=O) groups is 2. The summed E-state index contributed by atoms with van der Waals surface area (Å²) in [4.78, 5) is 25.1. The summed E-state index contributed by atoms with van der Waals surface area (Å²) in [5.74, 6) is 0.715. The first-order chi connectivity index (χ1) is 12.9. The van der Waals surface area contributed by atoms with Crippen molar-refractivity contribution in [1.82, 2.24) is 10.6 Å². The van der Waals surface area contributed by atoms with Crippen molar-refractivity contribution in [3.63, 3.8) is 0 Å². The third kappa shape index (κ3) is 4.39. The van der Waals surface area contributed by atoms with Crippen molar-refractivity contribution in [2.75, 3.05) is 6.79 Å². The van der Waals surface area contributed by atoms with Gasteiger partial charge in [-0.3, -0.25) is 9.59 Å². The minimum atomic E-state index is -1.18. The first-order valence-electron chi connectivity index (χ1n) is 8.87. The summed E-state index contributed by atoms with van der Waals surface area (Å²) in [6.07, 6.45) is 0. The quantitative estimate of drug-likeness (QED) is 0.769. The molecule has 0 spiro atoms. The first-order valence-corrected chi connectivity index (χ1v) is 8.87. The molecule has 27 heavy (non-hydrogen) atoms. The van der Waals surface area contributed by atoms with Gasteiger partial charge in [0.15, 0.2) is 11.5 Å². The maximum atomic E-state index is 12.6. The van der Waals surface area contributed by atoms with Gasteiger partial charge in [0.2, 0.25) is 18.6 Å². The maximum Gasteiger partial charge on any atom is 0.235 e. The van der Waals surface area contributed by atoms with Crippen LogP contribution >= 0.6 is 0 Å². The third-order valence-corrected chi connectivity index (χ3v) is 4.56. The average Bonchev–Trinajstić information content (AvgIpc) is 3.11. The van der Waals surface area contributed by atoms with Crippen LogP contribution in [0.3, 0.4) is 0 Å². The van der Waals surface area contributed by atoms with Crippen molar-refractivity contribution in [2.24, 2.45) is 5.41 Å². The standard InChI is InChI=1S/C21H24N2O4/c1-14-5-4-6-15(9-14)11-22-19(24)21(2,3)20(25)23-12-16-7-8-17-18(10-16)27-13-26-17/h4-10H,11-13H2,1-3H3,(H,22,24)(H,23,25). The van der Waals surface area contributed by atoms with E-state index in [0.717, 1.165) is 16.7 Å². The van der Waals surface area contributed by atoms with Crippen molar-refractivity contribution in [1.29, 1.82) is 0 Å². The predicted molar refractivity (Wildman–Crippen MR) is 101 cm³/mol. The van der Waals surface area contributed by atoms with Gasteiger partial charge < -0.3 is 20.1 Å². The molecule has 0 atom stereocenters. The maximum absolute atomic E-state index is 12.6. The van der Waals surface area contributed by atoms with Crippen LogP contribution in [0.4, 0.5) is 0 Å². The highest BCUT2D eigenvalue weighted by Gasteiger charge is 2.35. The van der Waals surface area contributed by atoms with Crippen molar-refractivity contribution in [3.05, 3.63) is 59.2 Å². The Balaban J connectivity index is 1.55. The summed E-state index contributed by atoms with van der Waals surface area (Å²) in [7, 11) is 0. The van der Waals surface area contributed by atoms with Gasteiger partial charge in [-0.2, -0.15) is 0 Å². The fraction of sp³-hybridized carbons (Fsp3) is 0.333. The second-order valence-corrected chi connectivity index (χ2v) is 7.17. The normalized spacial score (nSPS) is 12.6. The zero-order valence-corrected chi connectivity index (χ0v) is 15.8. The molecule has 0 fully saturated rings. The molecule has 0 aliphatic carbocycles. The number of ether oxygens (including phenoxy) is 2. The molecule has 3 rings (SSSR count). The molecule has 2 aromatic rings. The van der Waals surface area contributed by atoms with Gasteiger partial charge in [-0.25, -0.2) is 0 Å². The Morgan fingerprint density at radius 3 is 2.22 bits per heavy atom. The third-order valence-electron chi connectivity index (χ3n) is 4.56. The number of benzene rings is 2. The summed E-state index contributed by atoms with van der Waals surface area (Å²) >= 11 is 0. The topological polar surface area (TPSA) is 76.7 Å². The Morgan fingerprint density at radius 1 is 0.926 bits per heavy atom. The van der Waals surface area contributed by atoms with E-state index < -0.39 is 5.41 Å². The Kier molecular flexibility index (Phi) is 5.35. The molecule has 1 aliphatic rings. The number of hydrogen-bond acceptors (Lipinski definition) is 4. The Hall–Kier alpha value is -3.02. The summed E-state index contributed by atoms with van der Waals surface area (Å²) in [5.41, 5.74) is 1.83. The van der Waals surface area contributed by atoms with Gasteiger partial charge in [-0.1, -0.05) is 35.9 Å². The van der Waals surface area contributed by atoms with Crippen LogP contribution in [0.2, 0.25) is 0 Å². The van der Waals surface area contributed by atoms with Crippen LogP contribution in [0.5, 0.6) is 11.5 Å². The van der Waals surface area contributed by atoms with Gasteiger partial charge in [0, 0.05) is 13.1 Å². The highest BCUT2D eigenvalue weighted by Crippen LogP contribution is 2.32. The van der Waals surface area contributed by atoms with Crippen molar-refractivity contribution in [2.45, 2.75) is 33.9 Å². The molecule has 2 amide bonds. The molecular weight excluding hydrogens is 344 g/mol. The van der Waals surface area contributed by atoms with Gasteiger partial charge in [0.25, 0.3) is 0 Å². The number of fused-ring (bicyclic) bond motifs is 1. The fourth-order valence-corrected chi connectivity index (χ4v) is 2.78. The molecule has 0 aromatic heterocycles. The smallest absolute Gasteiger partial charge is 0.235 e. The lowest BCUT2D eigenvalue weighted by Crippen LogP contribution is -2.47. The first kappa shape index (κ1) is 18.8. The molecule has 0 saturated carbocycles. The average molecular weight is 368 g/mol. The largest absolute Gasteiger partial charge is 0.454 e. The molecule has 2 aromatic carbocycles. The summed E-state index contributed by atoms with van der Waals surface area (Å²) in [6, 6.07) is 13.4. The summed E-state index contributed by atoms with van der Waals surface area (Å²) < 4.78 is 10.6. The predicted octanol–water partition coefficient (Wildman–Crippen LogP) is 2.68. The Morgan fingerprint density at radius 2 is 1.56 bits per heavy atom. The second-order valence-electron chi connectivity index (χ2n) is 7.17. The lowest BCUT2D eigenvalue weighted by molar-refractivity contribution is -0.141. The molecule has 6 nitrogen and oxygen atoms in total. The van der Waals surface area contributed by atoms with Crippen LogP contribution in [0, 0.1) is 12.3 Å². The van der Waals surface area contributed by atoms with Crippen molar-refractivity contribution < 1.29 is 19.1 Å². The number of nitrogens with one attached hydrogen (secondary N) is 2. The highest BCUT2D eigenvalue weighted by atomic mass is 16.7. The van der Waals surface area contributed by atoms with Crippen LogP contribution in [0.15, 0.2) is 42.5 Å². The van der Waals surface area contributed by atoms with E-state index in [-0.39, 0.29) is 18.6 Å². The number of carbonyl (C=O) groups excluding carboxylic acids is 2. The van der Waals surface area contributed by atoms with E-state index in [4.69, 9.17) is 9.47 Å². The van der Waals surface area contributed by atoms with Gasteiger partial charge in [0.1, 0.15) is 5.41 Å². The van der Waals surface area contributed by atoms with E-state index in [1.807, 2.05) is 49.4 Å². The Bertz CT molecular complexity index is 861. The molecule has 1 heterocycles. The van der Waals surface area contributed by atoms with E-state index in [1.54, 1.807) is 13.8 Å². The molecule has 0 radical (unpaired) electrons. The van der Waals surface area contributed by atoms with E-state index in [1.165, 1.54) is 0 Å². The minimum absolute atomic E-state index is 0.208. The van der Waals surface area contributed by atoms with Crippen molar-refractivity contribution >= 4 is 11.8 Å². The Labute approximate surface area is 158 Å².